The van der Waals surface area contributed by atoms with Gasteiger partial charge in [0.1, 0.15) is 6.10 Å². The average molecular weight is 390 g/mol. The third-order valence-corrected chi connectivity index (χ3v) is 8.18. The second-order valence-electron chi connectivity index (χ2n) is 9.85. The maximum absolute atomic E-state index is 14.0. The van der Waals surface area contributed by atoms with E-state index in [1.54, 1.807) is 19.1 Å². The summed E-state index contributed by atoms with van der Waals surface area (Å²) in [6.45, 7) is 8.73. The molecule has 0 aliphatic heterocycles. The van der Waals surface area contributed by atoms with Gasteiger partial charge in [-0.2, -0.15) is 0 Å². The molecule has 0 aromatic heterocycles. The quantitative estimate of drug-likeness (QED) is 0.486. The Morgan fingerprint density at radius 2 is 2.00 bits per heavy atom. The highest BCUT2D eigenvalue weighted by molar-refractivity contribution is 5.95. The summed E-state index contributed by atoms with van der Waals surface area (Å²) < 4.78 is 5.44. The number of ether oxygens (including phenoxy) is 1. The van der Waals surface area contributed by atoms with Crippen LogP contribution in [-0.4, -0.2) is 51.5 Å². The Balaban J connectivity index is 1.97. The molecule has 0 aromatic rings. The van der Waals surface area contributed by atoms with Crippen LogP contribution >= 0.6 is 0 Å². The summed E-state index contributed by atoms with van der Waals surface area (Å²) in [6, 6.07) is 0. The molecule has 154 valence electrons. The number of aliphatic hydroxyl groups excluding tert-OH is 2. The van der Waals surface area contributed by atoms with Crippen LogP contribution in [0.4, 0.5) is 0 Å². The van der Waals surface area contributed by atoms with E-state index in [1.807, 2.05) is 6.92 Å². The van der Waals surface area contributed by atoms with E-state index < -0.39 is 41.7 Å². The minimum absolute atomic E-state index is 0.00663. The number of hydrogen-bond acceptors (Lipinski definition) is 6. The molecule has 4 aliphatic rings. The van der Waals surface area contributed by atoms with E-state index in [0.29, 0.717) is 11.5 Å². The second kappa shape index (κ2) is 5.77. The summed E-state index contributed by atoms with van der Waals surface area (Å²) in [5.74, 6) is -1.04. The summed E-state index contributed by atoms with van der Waals surface area (Å²) in [6.07, 6.45) is 1.50. The molecule has 0 unspecified atom stereocenters. The Morgan fingerprint density at radius 3 is 2.57 bits per heavy atom. The van der Waals surface area contributed by atoms with Gasteiger partial charge in [-0.15, -0.1) is 0 Å². The number of Topliss-reactive ketones (excluding diaryl/α,β-unsaturated/α-hetero) is 1. The average Bonchev–Trinajstić information content (AvgIpc) is 3.10. The molecule has 1 spiro atoms. The number of hydrogen-bond donors (Lipinski definition) is 3. The van der Waals surface area contributed by atoms with E-state index in [0.717, 1.165) is 6.42 Å². The third-order valence-electron chi connectivity index (χ3n) is 8.18. The largest absolute Gasteiger partial charge is 0.455 e. The van der Waals surface area contributed by atoms with E-state index in [4.69, 9.17) is 4.74 Å². The Labute approximate surface area is 165 Å². The molecule has 3 N–H and O–H groups in total. The first-order chi connectivity index (χ1) is 12.9. The first kappa shape index (κ1) is 19.8. The van der Waals surface area contributed by atoms with Crippen molar-refractivity contribution in [3.63, 3.8) is 0 Å². The first-order valence-corrected chi connectivity index (χ1v) is 10.1. The lowest BCUT2D eigenvalue weighted by molar-refractivity contribution is -0.202. The fourth-order valence-corrected chi connectivity index (χ4v) is 6.76. The smallest absolute Gasteiger partial charge is 0.303 e. The molecule has 6 nitrogen and oxygen atoms in total. The van der Waals surface area contributed by atoms with Crippen molar-refractivity contribution in [1.82, 2.24) is 0 Å². The van der Waals surface area contributed by atoms with Gasteiger partial charge in [-0.1, -0.05) is 32.9 Å². The highest BCUT2D eigenvalue weighted by Crippen LogP contribution is 2.71. The summed E-state index contributed by atoms with van der Waals surface area (Å²) in [5.41, 5.74) is -2.63. The Hall–Kier alpha value is -1.50. The zero-order valence-corrected chi connectivity index (χ0v) is 17.1. The second-order valence-corrected chi connectivity index (χ2v) is 9.85. The zero-order valence-electron chi connectivity index (χ0n) is 17.1. The van der Waals surface area contributed by atoms with Gasteiger partial charge in [0.25, 0.3) is 0 Å². The number of fused-ring (bicyclic) bond motifs is 3. The van der Waals surface area contributed by atoms with E-state index in [2.05, 4.69) is 13.8 Å². The molecule has 4 rings (SSSR count). The standard InChI is InChI=1S/C22H30O6/c1-10-8-21-11(2)6-15-16(20(15,4)5)14(18(21)26)7-13(9-23)17(25)22(21,27)19(10)28-12(3)24/h7-8,11,14-17,19,23,25,27H,6,9H2,1-5H3/t11-,14+,15-,16+,17-,19+,21+,22+/m1/s1. The van der Waals surface area contributed by atoms with Crippen molar-refractivity contribution in [3.8, 4) is 0 Å². The maximum Gasteiger partial charge on any atom is 0.303 e. The van der Waals surface area contributed by atoms with Crippen LogP contribution in [0.3, 0.4) is 0 Å². The lowest BCUT2D eigenvalue weighted by atomic mass is 9.59. The first-order valence-electron chi connectivity index (χ1n) is 10.1. The molecule has 8 atom stereocenters. The fourth-order valence-electron chi connectivity index (χ4n) is 6.76. The molecule has 2 saturated carbocycles. The summed E-state index contributed by atoms with van der Waals surface area (Å²) in [7, 11) is 0. The number of esters is 1. The zero-order chi connectivity index (χ0) is 20.8. The van der Waals surface area contributed by atoms with Crippen LogP contribution in [0, 0.1) is 34.5 Å². The predicted octanol–water partition coefficient (Wildman–Crippen LogP) is 1.39. The summed E-state index contributed by atoms with van der Waals surface area (Å²) in [5, 5.41) is 33.2. The van der Waals surface area contributed by atoms with Crippen molar-refractivity contribution in [1.29, 1.82) is 0 Å². The molecule has 6 heteroatoms. The van der Waals surface area contributed by atoms with Crippen molar-refractivity contribution in [2.45, 2.75) is 58.8 Å². The fraction of sp³-hybridized carbons (Fsp3) is 0.727. The van der Waals surface area contributed by atoms with Gasteiger partial charge in [0.15, 0.2) is 17.5 Å². The van der Waals surface area contributed by atoms with Gasteiger partial charge in [0, 0.05) is 12.8 Å². The van der Waals surface area contributed by atoms with Crippen molar-refractivity contribution in [2.75, 3.05) is 6.61 Å². The number of ketones is 1. The highest BCUT2D eigenvalue weighted by atomic mass is 16.6. The van der Waals surface area contributed by atoms with Gasteiger partial charge in [0.05, 0.1) is 12.0 Å². The molecule has 28 heavy (non-hydrogen) atoms. The monoisotopic (exact) mass is 390 g/mol. The van der Waals surface area contributed by atoms with Gasteiger partial charge in [-0.25, -0.2) is 0 Å². The van der Waals surface area contributed by atoms with Crippen LogP contribution in [0.25, 0.3) is 0 Å². The van der Waals surface area contributed by atoms with E-state index in [1.165, 1.54) is 6.92 Å². The molecule has 0 saturated heterocycles. The number of rotatable bonds is 2. The molecule has 0 amide bonds. The van der Waals surface area contributed by atoms with Crippen LogP contribution < -0.4 is 0 Å². The Morgan fingerprint density at radius 1 is 1.36 bits per heavy atom. The predicted molar refractivity (Wildman–Crippen MR) is 101 cm³/mol. The van der Waals surface area contributed by atoms with Crippen LogP contribution in [0.15, 0.2) is 23.3 Å². The highest BCUT2D eigenvalue weighted by Gasteiger charge is 2.76. The molecule has 2 bridgehead atoms. The van der Waals surface area contributed by atoms with Crippen LogP contribution in [0.1, 0.15) is 41.0 Å². The SMILES string of the molecule is CC(=O)O[C@H]1C(C)=C[C@]23C(=O)[C@@H](C=C(CO)[C@@H](O)[C@]12O)[C@H]1[C@@H](C[C@H]3C)C1(C)C. The van der Waals surface area contributed by atoms with E-state index in [9.17, 15) is 24.9 Å². The van der Waals surface area contributed by atoms with E-state index in [-0.39, 0.29) is 28.6 Å². The molecule has 0 heterocycles. The Kier molecular flexibility index (Phi) is 4.08. The minimum atomic E-state index is -2.04. The van der Waals surface area contributed by atoms with Gasteiger partial charge in [0.2, 0.25) is 0 Å². The molecule has 0 aromatic carbocycles. The molecule has 4 aliphatic carbocycles. The van der Waals surface area contributed by atoms with Crippen molar-refractivity contribution < 1.29 is 29.6 Å². The number of carbonyl (C=O) groups excluding carboxylic acids is 2. The third kappa shape index (κ3) is 2.09. The normalized spacial score (nSPS) is 48.5. The van der Waals surface area contributed by atoms with Gasteiger partial charge in [-0.3, -0.25) is 9.59 Å². The lowest BCUT2D eigenvalue weighted by Gasteiger charge is -2.48. The number of allylic oxidation sites excluding steroid dienone is 1. The van der Waals surface area contributed by atoms with Crippen LogP contribution in [-0.2, 0) is 14.3 Å². The van der Waals surface area contributed by atoms with Gasteiger partial charge in [-0.05, 0) is 47.7 Å². The molecular weight excluding hydrogens is 360 g/mol. The van der Waals surface area contributed by atoms with Crippen molar-refractivity contribution in [2.24, 2.45) is 34.5 Å². The van der Waals surface area contributed by atoms with Crippen LogP contribution in [0.5, 0.6) is 0 Å². The maximum atomic E-state index is 14.0. The number of carbonyl (C=O) groups is 2. The van der Waals surface area contributed by atoms with Crippen molar-refractivity contribution >= 4 is 11.8 Å². The van der Waals surface area contributed by atoms with E-state index >= 15 is 0 Å². The molecule has 0 radical (unpaired) electrons. The van der Waals surface area contributed by atoms with Crippen molar-refractivity contribution in [3.05, 3.63) is 23.3 Å². The van der Waals surface area contributed by atoms with Gasteiger partial charge < -0.3 is 20.1 Å². The summed E-state index contributed by atoms with van der Waals surface area (Å²) >= 11 is 0. The topological polar surface area (TPSA) is 104 Å². The molecular formula is C22H30O6. The van der Waals surface area contributed by atoms with Crippen LogP contribution in [0.2, 0.25) is 0 Å². The van der Waals surface area contributed by atoms with Gasteiger partial charge >= 0.3 is 5.97 Å². The Bertz CT molecular complexity index is 810. The molecule has 2 fully saturated rings. The summed E-state index contributed by atoms with van der Waals surface area (Å²) in [4.78, 5) is 25.8. The number of aliphatic hydroxyl groups is 3. The minimum Gasteiger partial charge on any atom is -0.455 e. The lowest BCUT2D eigenvalue weighted by Crippen LogP contribution is -2.65.